The van der Waals surface area contributed by atoms with Crippen LogP contribution in [-0.2, 0) is 16.0 Å². The van der Waals surface area contributed by atoms with Crippen molar-refractivity contribution < 1.29 is 29.1 Å². The molecule has 172 valence electrons. The first-order valence-corrected chi connectivity index (χ1v) is 10.1. The molecule has 2 aromatic carbocycles. The van der Waals surface area contributed by atoms with Crippen LogP contribution in [0.25, 0.3) is 0 Å². The van der Waals surface area contributed by atoms with Gasteiger partial charge in [0.05, 0.1) is 4.92 Å². The molecule has 0 radical (unpaired) electrons. The zero-order valence-corrected chi connectivity index (χ0v) is 18.5. The van der Waals surface area contributed by atoms with E-state index < -0.39 is 28.9 Å². The average Bonchev–Trinajstić information content (AvgIpc) is 2.71. The second-order valence-electron chi connectivity index (χ2n) is 8.41. The summed E-state index contributed by atoms with van der Waals surface area (Å²) in [5, 5.41) is 23.0. The monoisotopic (exact) mass is 444 g/mol. The van der Waals surface area contributed by atoms with Crippen LogP contribution in [0.4, 0.5) is 10.5 Å². The fourth-order valence-corrected chi connectivity index (χ4v) is 3.03. The van der Waals surface area contributed by atoms with Crippen molar-refractivity contribution in [3.05, 3.63) is 69.8 Å². The minimum absolute atomic E-state index is 0.0555. The molecule has 0 heterocycles. The van der Waals surface area contributed by atoms with Gasteiger partial charge in [-0.25, -0.2) is 9.59 Å². The molecule has 0 aliphatic carbocycles. The van der Waals surface area contributed by atoms with Crippen molar-refractivity contribution in [1.29, 1.82) is 0 Å². The summed E-state index contributed by atoms with van der Waals surface area (Å²) in [6.45, 7) is 7.32. The molecule has 0 bridgehead atoms. The fraction of sp³-hybridized carbons (Fsp3) is 0.391. The highest BCUT2D eigenvalue weighted by molar-refractivity contribution is 5.80. The van der Waals surface area contributed by atoms with Crippen molar-refractivity contribution in [2.75, 3.05) is 6.61 Å². The summed E-state index contributed by atoms with van der Waals surface area (Å²) in [4.78, 5) is 34.4. The van der Waals surface area contributed by atoms with Gasteiger partial charge in [-0.3, -0.25) is 10.1 Å². The largest absolute Gasteiger partial charge is 0.488 e. The molecule has 1 amide bonds. The van der Waals surface area contributed by atoms with Crippen LogP contribution in [0.2, 0.25) is 0 Å². The number of nitro benzene ring substituents is 1. The van der Waals surface area contributed by atoms with Gasteiger partial charge < -0.3 is 19.9 Å². The van der Waals surface area contributed by atoms with Crippen LogP contribution in [0.1, 0.15) is 44.7 Å². The number of hydrogen-bond acceptors (Lipinski definition) is 6. The molecule has 0 aliphatic heterocycles. The van der Waals surface area contributed by atoms with E-state index in [4.69, 9.17) is 9.47 Å². The number of nitrogens with zero attached hydrogens (tertiary/aromatic N) is 1. The number of carboxylic acids is 1. The Bertz CT molecular complexity index is 952. The van der Waals surface area contributed by atoms with Gasteiger partial charge in [0.25, 0.3) is 5.69 Å². The predicted octanol–water partition coefficient (Wildman–Crippen LogP) is 4.30. The van der Waals surface area contributed by atoms with E-state index >= 15 is 0 Å². The molecule has 2 atom stereocenters. The van der Waals surface area contributed by atoms with Gasteiger partial charge in [-0.05, 0) is 38.5 Å². The van der Waals surface area contributed by atoms with E-state index in [1.54, 1.807) is 49.4 Å². The Labute approximate surface area is 186 Å². The Morgan fingerprint density at radius 1 is 1.12 bits per heavy atom. The maximum Gasteiger partial charge on any atom is 0.407 e. The third-order valence-corrected chi connectivity index (χ3v) is 4.51. The second kappa shape index (κ2) is 10.6. The van der Waals surface area contributed by atoms with Crippen LogP contribution in [-0.4, -0.2) is 40.3 Å². The maximum absolute atomic E-state index is 12.2. The van der Waals surface area contributed by atoms with Crippen molar-refractivity contribution in [3.63, 3.8) is 0 Å². The van der Waals surface area contributed by atoms with Crippen LogP contribution in [0.3, 0.4) is 0 Å². The second-order valence-corrected chi connectivity index (χ2v) is 8.41. The first-order chi connectivity index (χ1) is 15.0. The lowest BCUT2D eigenvalue weighted by Gasteiger charge is -2.21. The quantitative estimate of drug-likeness (QED) is 0.436. The number of carbonyl (C=O) groups is 2. The molecular formula is C23H28N2O7. The van der Waals surface area contributed by atoms with Crippen LogP contribution in [0, 0.1) is 10.1 Å². The topological polar surface area (TPSA) is 128 Å². The van der Waals surface area contributed by atoms with Gasteiger partial charge in [-0.15, -0.1) is 0 Å². The van der Waals surface area contributed by atoms with E-state index in [0.717, 1.165) is 0 Å². The number of nitrogens with one attached hydrogen (secondary N) is 1. The number of carboxylic acid groups (broad SMARTS) is 1. The third kappa shape index (κ3) is 7.57. The molecule has 0 fully saturated rings. The number of hydrogen-bond donors (Lipinski definition) is 2. The van der Waals surface area contributed by atoms with Gasteiger partial charge in [-0.1, -0.05) is 37.3 Å². The van der Waals surface area contributed by atoms with E-state index in [1.165, 1.54) is 6.07 Å². The highest BCUT2D eigenvalue weighted by Gasteiger charge is 2.23. The molecule has 0 saturated carbocycles. The summed E-state index contributed by atoms with van der Waals surface area (Å²) in [6.07, 6.45) is -0.851. The number of nitro groups is 1. The number of rotatable bonds is 9. The SMILES string of the molecule is CC(COC(=O)N[C@@H](Cc1ccc(OC(C)(C)C)cc1)C(=O)O)c1ccccc1[N+](=O)[O-]. The number of alkyl carbamates (subject to hydrolysis) is 1. The molecule has 0 saturated heterocycles. The molecular weight excluding hydrogens is 416 g/mol. The van der Waals surface area contributed by atoms with Crippen LogP contribution >= 0.6 is 0 Å². The first-order valence-electron chi connectivity index (χ1n) is 10.1. The smallest absolute Gasteiger partial charge is 0.407 e. The lowest BCUT2D eigenvalue weighted by Crippen LogP contribution is -2.42. The first kappa shape index (κ1) is 24.6. The van der Waals surface area contributed by atoms with Gasteiger partial charge in [0.1, 0.15) is 24.0 Å². The van der Waals surface area contributed by atoms with E-state index in [1.807, 2.05) is 20.8 Å². The van der Waals surface area contributed by atoms with Crippen LogP contribution < -0.4 is 10.1 Å². The van der Waals surface area contributed by atoms with Crippen molar-refractivity contribution in [1.82, 2.24) is 5.32 Å². The molecule has 0 aromatic heterocycles. The summed E-state index contributed by atoms with van der Waals surface area (Å²) in [6, 6.07) is 12.0. The van der Waals surface area contributed by atoms with E-state index in [-0.39, 0.29) is 24.3 Å². The van der Waals surface area contributed by atoms with E-state index in [0.29, 0.717) is 16.9 Å². The summed E-state index contributed by atoms with van der Waals surface area (Å²) in [5.41, 5.74) is 0.712. The molecule has 9 nitrogen and oxygen atoms in total. The predicted molar refractivity (Wildman–Crippen MR) is 118 cm³/mol. The third-order valence-electron chi connectivity index (χ3n) is 4.51. The minimum atomic E-state index is -1.20. The number of ether oxygens (including phenoxy) is 2. The molecule has 9 heteroatoms. The molecule has 0 spiro atoms. The Morgan fingerprint density at radius 2 is 1.75 bits per heavy atom. The zero-order valence-electron chi connectivity index (χ0n) is 18.5. The Morgan fingerprint density at radius 3 is 2.31 bits per heavy atom. The average molecular weight is 444 g/mol. The minimum Gasteiger partial charge on any atom is -0.488 e. The lowest BCUT2D eigenvalue weighted by atomic mass is 10.0. The van der Waals surface area contributed by atoms with Gasteiger partial charge in [0, 0.05) is 24.0 Å². The van der Waals surface area contributed by atoms with Crippen molar-refractivity contribution >= 4 is 17.7 Å². The zero-order chi connectivity index (χ0) is 23.9. The molecule has 1 unspecified atom stereocenters. The van der Waals surface area contributed by atoms with Gasteiger partial charge in [0.15, 0.2) is 0 Å². The summed E-state index contributed by atoms with van der Waals surface area (Å²) < 4.78 is 10.9. The normalized spacial score (nSPS) is 13.0. The number of para-hydroxylation sites is 1. The molecule has 32 heavy (non-hydrogen) atoms. The molecule has 2 N–H and O–H groups in total. The summed E-state index contributed by atoms with van der Waals surface area (Å²) in [5.74, 6) is -0.991. The van der Waals surface area contributed by atoms with Crippen molar-refractivity contribution in [3.8, 4) is 5.75 Å². The fourth-order valence-electron chi connectivity index (χ4n) is 3.03. The van der Waals surface area contributed by atoms with E-state index in [9.17, 15) is 24.8 Å². The van der Waals surface area contributed by atoms with Crippen LogP contribution in [0.5, 0.6) is 5.75 Å². The Hall–Kier alpha value is -3.62. The van der Waals surface area contributed by atoms with Crippen molar-refractivity contribution in [2.45, 2.75) is 51.7 Å². The standard InChI is InChI=1S/C23H28N2O7/c1-15(18-7-5-6-8-20(18)25(29)30)14-31-22(28)24-19(21(26)27)13-16-9-11-17(12-10-16)32-23(2,3)4/h5-12,15,19H,13-14H2,1-4H3,(H,24,28)(H,26,27)/t15?,19-/m0/s1. The van der Waals surface area contributed by atoms with Gasteiger partial charge in [0.2, 0.25) is 0 Å². The highest BCUT2D eigenvalue weighted by atomic mass is 16.6. The van der Waals surface area contributed by atoms with Crippen LogP contribution in [0.15, 0.2) is 48.5 Å². The summed E-state index contributed by atoms with van der Waals surface area (Å²) in [7, 11) is 0. The molecule has 0 aliphatic rings. The van der Waals surface area contributed by atoms with Gasteiger partial charge >= 0.3 is 12.1 Å². The van der Waals surface area contributed by atoms with Crippen molar-refractivity contribution in [2.24, 2.45) is 0 Å². The maximum atomic E-state index is 12.2. The highest BCUT2D eigenvalue weighted by Crippen LogP contribution is 2.26. The number of carbonyl (C=O) groups excluding carboxylic acids is 1. The van der Waals surface area contributed by atoms with Gasteiger partial charge in [-0.2, -0.15) is 0 Å². The Balaban J connectivity index is 1.95. The lowest BCUT2D eigenvalue weighted by molar-refractivity contribution is -0.385. The number of benzene rings is 2. The number of amides is 1. The Kier molecular flexibility index (Phi) is 8.17. The van der Waals surface area contributed by atoms with E-state index in [2.05, 4.69) is 5.32 Å². The molecule has 2 rings (SSSR count). The number of aliphatic carboxylic acids is 1. The molecule has 2 aromatic rings. The summed E-state index contributed by atoms with van der Waals surface area (Å²) >= 11 is 0.